The number of halogens is 1. The summed E-state index contributed by atoms with van der Waals surface area (Å²) in [7, 11) is 1.60. The van der Waals surface area contributed by atoms with Crippen molar-refractivity contribution in [1.29, 1.82) is 0 Å². The van der Waals surface area contributed by atoms with E-state index < -0.39 is 0 Å². The lowest BCUT2D eigenvalue weighted by Gasteiger charge is -2.07. The van der Waals surface area contributed by atoms with Gasteiger partial charge in [-0.2, -0.15) is 10.1 Å². The average molecular weight is 499 g/mol. The quantitative estimate of drug-likeness (QED) is 0.333. The van der Waals surface area contributed by atoms with Crippen molar-refractivity contribution in [3.8, 4) is 28.6 Å². The molecule has 2 heterocycles. The Labute approximate surface area is 205 Å². The summed E-state index contributed by atoms with van der Waals surface area (Å²) in [4.78, 5) is 17.0. The minimum Gasteiger partial charge on any atom is -0.497 e. The van der Waals surface area contributed by atoms with Crippen molar-refractivity contribution in [2.75, 3.05) is 25.6 Å². The third kappa shape index (κ3) is 5.35. The standard InChI is InChI=1S/C23H23ClN6O3S/c1-32-17-9-5-15(6-10-17)21-27-22(33-29-21)19-20(25)30(28-23(19)34-2)13-18(31)26-12-11-14-3-7-16(24)8-4-14/h3-10H,11-13,25H2,1-2H3,(H,26,31). The Morgan fingerprint density at radius 1 is 1.21 bits per heavy atom. The van der Waals surface area contributed by atoms with Gasteiger partial charge in [-0.15, -0.1) is 11.8 Å². The number of ether oxygens (including phenoxy) is 1. The van der Waals surface area contributed by atoms with Gasteiger partial charge in [-0.3, -0.25) is 4.79 Å². The van der Waals surface area contributed by atoms with Gasteiger partial charge in [0.15, 0.2) is 0 Å². The summed E-state index contributed by atoms with van der Waals surface area (Å²) < 4.78 is 12.1. The van der Waals surface area contributed by atoms with E-state index in [1.807, 2.05) is 54.8 Å². The molecule has 4 rings (SSSR count). The molecule has 1 amide bonds. The molecule has 0 aliphatic rings. The van der Waals surface area contributed by atoms with E-state index >= 15 is 0 Å². The highest BCUT2D eigenvalue weighted by Crippen LogP contribution is 2.35. The molecule has 0 unspecified atom stereocenters. The molecule has 3 N–H and O–H groups in total. The van der Waals surface area contributed by atoms with Gasteiger partial charge < -0.3 is 20.3 Å². The van der Waals surface area contributed by atoms with Gasteiger partial charge in [0.2, 0.25) is 11.7 Å². The maximum absolute atomic E-state index is 12.5. The largest absolute Gasteiger partial charge is 0.497 e. The van der Waals surface area contributed by atoms with Gasteiger partial charge in [-0.05, 0) is 54.6 Å². The van der Waals surface area contributed by atoms with E-state index in [0.717, 1.165) is 16.9 Å². The molecule has 0 aliphatic carbocycles. The fourth-order valence-corrected chi connectivity index (χ4v) is 3.99. The summed E-state index contributed by atoms with van der Waals surface area (Å²) >= 11 is 7.28. The summed E-state index contributed by atoms with van der Waals surface area (Å²) in [6.45, 7) is 0.457. The monoisotopic (exact) mass is 498 g/mol. The predicted molar refractivity (Wildman–Crippen MR) is 132 cm³/mol. The first-order chi connectivity index (χ1) is 16.5. The topological polar surface area (TPSA) is 121 Å². The summed E-state index contributed by atoms with van der Waals surface area (Å²) in [6, 6.07) is 14.8. The van der Waals surface area contributed by atoms with Gasteiger partial charge in [0.25, 0.3) is 5.89 Å². The zero-order valence-corrected chi connectivity index (χ0v) is 20.2. The Kier molecular flexibility index (Phi) is 7.39. The van der Waals surface area contributed by atoms with Crippen LogP contribution in [0.3, 0.4) is 0 Å². The van der Waals surface area contributed by atoms with E-state index in [2.05, 4.69) is 20.6 Å². The normalized spacial score (nSPS) is 10.9. The molecule has 4 aromatic rings. The van der Waals surface area contributed by atoms with E-state index in [4.69, 9.17) is 26.6 Å². The number of aromatic nitrogens is 4. The number of anilines is 1. The molecule has 0 radical (unpaired) electrons. The number of carbonyl (C=O) groups excluding carboxylic acids is 1. The van der Waals surface area contributed by atoms with Crippen molar-refractivity contribution in [3.05, 3.63) is 59.1 Å². The molecule has 0 bridgehead atoms. The second-order valence-corrected chi connectivity index (χ2v) is 8.54. The molecule has 0 spiro atoms. The second-order valence-electron chi connectivity index (χ2n) is 7.31. The molecule has 0 aliphatic heterocycles. The number of thioether (sulfide) groups is 1. The minimum atomic E-state index is -0.202. The number of hydrogen-bond acceptors (Lipinski definition) is 8. The van der Waals surface area contributed by atoms with Crippen LogP contribution in [-0.2, 0) is 17.8 Å². The predicted octanol–water partition coefficient (Wildman–Crippen LogP) is 3.93. The van der Waals surface area contributed by atoms with Crippen molar-refractivity contribution in [2.45, 2.75) is 18.0 Å². The number of amides is 1. The van der Waals surface area contributed by atoms with Crippen LogP contribution in [0.1, 0.15) is 5.56 Å². The van der Waals surface area contributed by atoms with Crippen LogP contribution < -0.4 is 15.8 Å². The number of nitrogen functional groups attached to an aromatic ring is 1. The van der Waals surface area contributed by atoms with Crippen molar-refractivity contribution in [3.63, 3.8) is 0 Å². The van der Waals surface area contributed by atoms with Crippen molar-refractivity contribution in [2.24, 2.45) is 0 Å². The fourth-order valence-electron chi connectivity index (χ4n) is 3.29. The van der Waals surface area contributed by atoms with E-state index in [9.17, 15) is 4.79 Å². The van der Waals surface area contributed by atoms with Crippen LogP contribution in [-0.4, -0.2) is 45.7 Å². The van der Waals surface area contributed by atoms with Crippen molar-refractivity contribution < 1.29 is 14.1 Å². The molecule has 176 valence electrons. The molecule has 0 atom stereocenters. The molecule has 0 saturated heterocycles. The lowest BCUT2D eigenvalue weighted by molar-refractivity contribution is -0.121. The second kappa shape index (κ2) is 10.6. The molecular weight excluding hydrogens is 476 g/mol. The Hall–Kier alpha value is -3.50. The van der Waals surface area contributed by atoms with Gasteiger partial charge in [0.05, 0.1) is 7.11 Å². The average Bonchev–Trinajstić information content (AvgIpc) is 3.45. The van der Waals surface area contributed by atoms with Gasteiger partial charge in [-0.1, -0.05) is 28.9 Å². The molecule has 2 aromatic carbocycles. The summed E-state index contributed by atoms with van der Waals surface area (Å²) in [6.07, 6.45) is 2.55. The highest BCUT2D eigenvalue weighted by Gasteiger charge is 2.23. The molecule has 9 nitrogen and oxygen atoms in total. The molecule has 2 aromatic heterocycles. The van der Waals surface area contributed by atoms with Crippen LogP contribution in [0.4, 0.5) is 5.82 Å². The van der Waals surface area contributed by atoms with E-state index in [-0.39, 0.29) is 24.2 Å². The molecule has 0 fully saturated rings. The van der Waals surface area contributed by atoms with Gasteiger partial charge in [0.1, 0.15) is 28.7 Å². The first-order valence-electron chi connectivity index (χ1n) is 10.4. The lowest BCUT2D eigenvalue weighted by Crippen LogP contribution is -2.30. The number of carbonyl (C=O) groups is 1. The highest BCUT2D eigenvalue weighted by molar-refractivity contribution is 7.98. The van der Waals surface area contributed by atoms with Crippen molar-refractivity contribution >= 4 is 35.1 Å². The maximum atomic E-state index is 12.5. The van der Waals surface area contributed by atoms with Crippen LogP contribution in [0.5, 0.6) is 5.75 Å². The highest BCUT2D eigenvalue weighted by atomic mass is 35.5. The zero-order chi connectivity index (χ0) is 24.1. The first kappa shape index (κ1) is 23.7. The molecule has 34 heavy (non-hydrogen) atoms. The van der Waals surface area contributed by atoms with E-state index in [0.29, 0.717) is 34.4 Å². The summed E-state index contributed by atoms with van der Waals surface area (Å²) in [5, 5.41) is 12.7. The minimum absolute atomic E-state index is 0.0283. The van der Waals surface area contributed by atoms with E-state index in [1.54, 1.807) is 7.11 Å². The number of rotatable bonds is 9. The third-order valence-electron chi connectivity index (χ3n) is 5.08. The maximum Gasteiger partial charge on any atom is 0.264 e. The molecule has 11 heteroatoms. The van der Waals surface area contributed by atoms with Gasteiger partial charge in [0, 0.05) is 17.1 Å². The fraction of sp³-hybridized carbons (Fsp3) is 0.217. The van der Waals surface area contributed by atoms with Gasteiger partial charge in [-0.25, -0.2) is 4.68 Å². The number of nitrogens with zero attached hydrogens (tertiary/aromatic N) is 4. The number of hydrogen-bond donors (Lipinski definition) is 2. The van der Waals surface area contributed by atoms with Crippen molar-refractivity contribution in [1.82, 2.24) is 25.2 Å². The Bertz CT molecular complexity index is 1270. The van der Waals surface area contributed by atoms with Crippen LogP contribution in [0.2, 0.25) is 5.02 Å². The Morgan fingerprint density at radius 3 is 2.62 bits per heavy atom. The summed E-state index contributed by atoms with van der Waals surface area (Å²) in [5.74, 6) is 1.46. The molecule has 0 saturated carbocycles. The van der Waals surface area contributed by atoms with Crippen LogP contribution in [0.25, 0.3) is 22.8 Å². The van der Waals surface area contributed by atoms with Gasteiger partial charge >= 0.3 is 0 Å². The van der Waals surface area contributed by atoms with Crippen LogP contribution in [0, 0.1) is 0 Å². The SMILES string of the molecule is COc1ccc(-c2noc(-c3c(SC)nn(CC(=O)NCCc4ccc(Cl)cc4)c3N)n2)cc1. The number of benzene rings is 2. The Balaban J connectivity index is 1.45. The van der Waals surface area contributed by atoms with Crippen LogP contribution >= 0.6 is 23.4 Å². The van der Waals surface area contributed by atoms with E-state index in [1.165, 1.54) is 16.4 Å². The smallest absolute Gasteiger partial charge is 0.264 e. The third-order valence-corrected chi connectivity index (χ3v) is 6.01. The first-order valence-corrected chi connectivity index (χ1v) is 12.0. The van der Waals surface area contributed by atoms with Crippen LogP contribution in [0.15, 0.2) is 58.1 Å². The number of methoxy groups -OCH3 is 1. The summed E-state index contributed by atoms with van der Waals surface area (Å²) in [5.41, 5.74) is 8.69. The zero-order valence-electron chi connectivity index (χ0n) is 18.6. The Morgan fingerprint density at radius 2 is 1.94 bits per heavy atom. The molecular formula is C23H23ClN6O3S. The number of nitrogens with one attached hydrogen (secondary N) is 1. The number of nitrogens with two attached hydrogens (primary N) is 1. The lowest BCUT2D eigenvalue weighted by atomic mass is 10.1.